The molecule has 0 amide bonds. The van der Waals surface area contributed by atoms with Gasteiger partial charge in [0.2, 0.25) is 0 Å². The quantitative estimate of drug-likeness (QED) is 0.246. The van der Waals surface area contributed by atoms with Crippen molar-refractivity contribution < 1.29 is 17.0 Å². The monoisotopic (exact) mass is 602 g/mol. The molecule has 3 aliphatic rings. The molecule has 206 valence electrons. The van der Waals surface area contributed by atoms with Crippen LogP contribution in [0.5, 0.6) is 0 Å². The van der Waals surface area contributed by atoms with Crippen molar-refractivity contribution in [1.29, 1.82) is 0 Å². The van der Waals surface area contributed by atoms with Crippen LogP contribution >= 0.6 is 18.6 Å². The van der Waals surface area contributed by atoms with Gasteiger partial charge in [0.05, 0.1) is 0 Å². The number of benzene rings is 2. The van der Waals surface area contributed by atoms with Gasteiger partial charge in [0, 0.05) is 11.4 Å². The van der Waals surface area contributed by atoms with E-state index in [4.69, 9.17) is 23.9 Å². The third kappa shape index (κ3) is 5.88. The Hall–Kier alpha value is -0.969. The molecule has 1 aliphatic heterocycles. The molecule has 0 radical (unpaired) electrons. The first kappa shape index (κ1) is 31.6. The number of fused-ring (bicyclic) bond motifs is 3. The average molecular weight is 604 g/mol. The predicted molar refractivity (Wildman–Crippen MR) is 168 cm³/mol. The summed E-state index contributed by atoms with van der Waals surface area (Å²) in [6, 6.07) is 17.6. The number of para-hydroxylation sites is 4. The summed E-state index contributed by atoms with van der Waals surface area (Å²) in [6.45, 7) is 17.2. The molecule has 5 rings (SSSR count). The second kappa shape index (κ2) is 13.1. The van der Waals surface area contributed by atoms with Crippen LogP contribution in [-0.4, -0.2) is 8.24 Å². The number of hydrogen-bond donors (Lipinski definition) is 0. The Kier molecular flexibility index (Phi) is 10.9. The van der Waals surface area contributed by atoms with Crippen LogP contribution in [-0.2, 0) is 17.0 Å². The standard InChI is InChI=1S/C31H41N2Si.CH3.2ClH.Ti/c1-8-22-19-30(25-18-23(20(2)3)17-24(21(4)5)31(22)25)34(6,7)33-28-15-11-9-13-26(28)32-27-14-10-12-16-29(27)33;;;;/h9-18,20-22,25,30-31H,8,19H2,1-7H3;1H3;2*1H;/q2*-1;;;+2/p-2/t22-,25+,30?,31+;;;;/m0..../s1. The summed E-state index contributed by atoms with van der Waals surface area (Å²) in [5, 5.41) is 5.04. The van der Waals surface area contributed by atoms with Gasteiger partial charge < -0.3 is 17.3 Å². The predicted octanol–water partition coefficient (Wildman–Crippen LogP) is 11.7. The Labute approximate surface area is 250 Å². The van der Waals surface area contributed by atoms with E-state index in [1.807, 2.05) is 0 Å². The first-order chi connectivity index (χ1) is 17.6. The summed E-state index contributed by atoms with van der Waals surface area (Å²) in [4.78, 5) is 0. The Morgan fingerprint density at radius 1 is 0.947 bits per heavy atom. The Morgan fingerprint density at radius 3 is 1.95 bits per heavy atom. The number of nitrogens with zero attached hydrogens (tertiary/aromatic N) is 2. The summed E-state index contributed by atoms with van der Waals surface area (Å²) >= 11 is -0.556. The van der Waals surface area contributed by atoms with Crippen molar-refractivity contribution in [3.05, 3.63) is 84.6 Å². The molecule has 2 aliphatic carbocycles. The second-order valence-corrected chi connectivity index (χ2v) is 19.0. The van der Waals surface area contributed by atoms with Crippen LogP contribution in [0.3, 0.4) is 0 Å². The summed E-state index contributed by atoms with van der Waals surface area (Å²) in [5.41, 5.74) is 8.82. The van der Waals surface area contributed by atoms with Crippen LogP contribution in [0, 0.1) is 37.0 Å². The summed E-state index contributed by atoms with van der Waals surface area (Å²) in [7, 11) is 7.81. The van der Waals surface area contributed by atoms with Gasteiger partial charge in [0.15, 0.2) is 8.24 Å². The van der Waals surface area contributed by atoms with Crippen molar-refractivity contribution in [3.63, 3.8) is 0 Å². The zero-order valence-corrected chi connectivity index (χ0v) is 28.4. The van der Waals surface area contributed by atoms with E-state index < -0.39 is 25.3 Å². The van der Waals surface area contributed by atoms with Gasteiger partial charge in [-0.2, -0.15) is 0 Å². The van der Waals surface area contributed by atoms with Gasteiger partial charge in [-0.3, -0.25) is 0 Å². The molecule has 2 aromatic carbocycles. The van der Waals surface area contributed by atoms with Crippen molar-refractivity contribution in [1.82, 2.24) is 0 Å². The summed E-state index contributed by atoms with van der Waals surface area (Å²) in [6.07, 6.45) is 7.91. The van der Waals surface area contributed by atoms with Gasteiger partial charge in [0.1, 0.15) is 0 Å². The molecule has 1 unspecified atom stereocenters. The van der Waals surface area contributed by atoms with Crippen LogP contribution in [0.15, 0.2) is 71.8 Å². The van der Waals surface area contributed by atoms with Crippen molar-refractivity contribution in [2.45, 2.75) is 66.1 Å². The van der Waals surface area contributed by atoms with Crippen molar-refractivity contribution in [2.24, 2.45) is 29.6 Å². The minimum atomic E-state index is -1.97. The Balaban J connectivity index is 0.000000956. The molecule has 1 fully saturated rings. The fourth-order valence-corrected chi connectivity index (χ4v) is 11.2. The van der Waals surface area contributed by atoms with Gasteiger partial charge in [-0.15, -0.1) is 11.4 Å². The number of anilines is 2. The molecule has 6 heteroatoms. The van der Waals surface area contributed by atoms with Crippen molar-refractivity contribution >= 4 is 49.6 Å². The van der Waals surface area contributed by atoms with Gasteiger partial charge in [0.25, 0.3) is 0 Å². The van der Waals surface area contributed by atoms with E-state index in [2.05, 4.69) is 113 Å². The van der Waals surface area contributed by atoms with E-state index in [0.717, 1.165) is 17.3 Å². The maximum absolute atomic E-state index is 5.04. The molecule has 38 heavy (non-hydrogen) atoms. The van der Waals surface area contributed by atoms with Crippen molar-refractivity contribution in [2.75, 3.05) is 4.57 Å². The zero-order valence-electron chi connectivity index (χ0n) is 24.3. The third-order valence-electron chi connectivity index (χ3n) is 8.87. The van der Waals surface area contributed by atoms with E-state index in [1.165, 1.54) is 24.2 Å². The van der Waals surface area contributed by atoms with E-state index in [0.29, 0.717) is 29.2 Å². The van der Waals surface area contributed by atoms with Gasteiger partial charge >= 0.3 is 35.6 Å². The fraction of sp³-hybridized carbons (Fsp3) is 0.469. The molecule has 0 N–H and O–H groups in total. The Morgan fingerprint density at radius 2 is 1.47 bits per heavy atom. The molecule has 2 aromatic rings. The molecule has 0 aromatic heterocycles. The molecule has 1 saturated carbocycles. The van der Waals surface area contributed by atoms with Gasteiger partial charge in [-0.1, -0.05) is 108 Å². The number of allylic oxidation sites excluding steroid dienone is 4. The van der Waals surface area contributed by atoms with Crippen LogP contribution in [0.2, 0.25) is 18.6 Å². The molecule has 0 spiro atoms. The maximum atomic E-state index is 5.04. The Bertz CT molecular complexity index is 1110. The van der Waals surface area contributed by atoms with Gasteiger partial charge in [-0.25, -0.2) is 0 Å². The molecular formula is C32H44Cl2N2SiTi-2. The summed E-state index contributed by atoms with van der Waals surface area (Å²) in [5.74, 6) is 3.31. The number of rotatable bonds is 5. The van der Waals surface area contributed by atoms with Crippen LogP contribution in [0.4, 0.5) is 22.7 Å². The van der Waals surface area contributed by atoms with Crippen LogP contribution in [0.1, 0.15) is 47.5 Å². The van der Waals surface area contributed by atoms with Gasteiger partial charge in [-0.05, 0) is 59.3 Å². The normalized spacial score (nSPS) is 23.6. The number of hydrogen-bond acceptors (Lipinski definition) is 1. The minimum absolute atomic E-state index is 0. The van der Waals surface area contributed by atoms with E-state index in [9.17, 15) is 0 Å². The molecule has 0 saturated heterocycles. The first-order valence-corrected chi connectivity index (χ1v) is 21.1. The van der Waals surface area contributed by atoms with Crippen LogP contribution in [0.25, 0.3) is 5.32 Å². The fourth-order valence-electron chi connectivity index (χ4n) is 7.10. The van der Waals surface area contributed by atoms with Crippen LogP contribution < -0.4 is 4.57 Å². The second-order valence-electron chi connectivity index (χ2n) is 11.9. The first-order valence-electron chi connectivity index (χ1n) is 13.7. The third-order valence-corrected chi connectivity index (χ3v) is 12.9. The molecular weight excluding hydrogens is 559 g/mol. The zero-order chi connectivity index (χ0) is 26.9. The summed E-state index contributed by atoms with van der Waals surface area (Å²) < 4.78 is 2.76. The topological polar surface area (TPSA) is 17.3 Å². The van der Waals surface area contributed by atoms with E-state index in [-0.39, 0.29) is 7.43 Å². The molecule has 2 nitrogen and oxygen atoms in total. The number of halogens is 2. The average Bonchev–Trinajstić information content (AvgIpc) is 3.26. The molecule has 4 atom stereocenters. The van der Waals surface area contributed by atoms with Crippen molar-refractivity contribution in [3.8, 4) is 0 Å². The van der Waals surface area contributed by atoms with E-state index >= 15 is 0 Å². The van der Waals surface area contributed by atoms with E-state index in [1.54, 1.807) is 11.1 Å². The molecule has 1 heterocycles. The molecule has 0 bridgehead atoms. The SMILES string of the molecule is CC[C@H]1CC([Si](C)(C)N2c3ccccc3[N-]c3ccccc32)[C@H]2C=C(C(C)C)C=C(C(C)C)[C@@H]12.[CH3-].[Cl][Ti][Cl].